The fourth-order valence-corrected chi connectivity index (χ4v) is 5.71. The van der Waals surface area contributed by atoms with Gasteiger partial charge in [-0.1, -0.05) is 78.7 Å². The minimum atomic E-state index is -0.264. The molecule has 0 spiro atoms. The second kappa shape index (κ2) is 13.5. The van der Waals surface area contributed by atoms with E-state index in [4.69, 9.17) is 27.9 Å². The van der Waals surface area contributed by atoms with Crippen molar-refractivity contribution in [3.63, 3.8) is 0 Å². The Kier molecular flexibility index (Phi) is 10.1. The van der Waals surface area contributed by atoms with Crippen LogP contribution in [0.2, 0.25) is 10.0 Å². The first-order valence-electron chi connectivity index (χ1n) is 13.5. The molecule has 1 aliphatic heterocycles. The van der Waals surface area contributed by atoms with Crippen LogP contribution in [-0.2, 0) is 14.9 Å². The number of esters is 1. The molecule has 39 heavy (non-hydrogen) atoms. The summed E-state index contributed by atoms with van der Waals surface area (Å²) < 4.78 is 4.99. The van der Waals surface area contributed by atoms with E-state index in [-0.39, 0.29) is 23.3 Å². The summed E-state index contributed by atoms with van der Waals surface area (Å²) in [5.41, 5.74) is 3.22. The van der Waals surface area contributed by atoms with E-state index < -0.39 is 0 Å². The number of halogens is 2. The van der Waals surface area contributed by atoms with Gasteiger partial charge in [0.25, 0.3) is 5.91 Å². The Morgan fingerprint density at radius 1 is 0.974 bits per heavy atom. The number of carbonyl (C=O) groups is 2. The molecular formula is C32H36Cl2N2O3. The smallest absolute Gasteiger partial charge is 0.306 e. The maximum Gasteiger partial charge on any atom is 0.306 e. The van der Waals surface area contributed by atoms with Crippen molar-refractivity contribution in [2.45, 2.75) is 50.5 Å². The zero-order valence-electron chi connectivity index (χ0n) is 22.6. The predicted octanol–water partition coefficient (Wildman–Crippen LogP) is 7.16. The van der Waals surface area contributed by atoms with E-state index in [0.717, 1.165) is 62.0 Å². The normalized spacial score (nSPS) is 15.9. The van der Waals surface area contributed by atoms with Crippen LogP contribution >= 0.6 is 23.2 Å². The van der Waals surface area contributed by atoms with Crippen molar-refractivity contribution < 1.29 is 14.3 Å². The molecule has 1 amide bonds. The molecule has 1 unspecified atom stereocenters. The molecule has 206 valence electrons. The number of nitrogens with zero attached hydrogens (tertiary/aromatic N) is 1. The van der Waals surface area contributed by atoms with E-state index in [1.165, 1.54) is 7.11 Å². The van der Waals surface area contributed by atoms with E-state index in [1.807, 2.05) is 48.5 Å². The average molecular weight is 568 g/mol. The molecule has 0 aromatic heterocycles. The van der Waals surface area contributed by atoms with Crippen molar-refractivity contribution in [1.29, 1.82) is 0 Å². The highest BCUT2D eigenvalue weighted by atomic mass is 35.5. The number of carbonyl (C=O) groups excluding carboxylic acids is 2. The first-order chi connectivity index (χ1) is 18.8. The topological polar surface area (TPSA) is 58.6 Å². The van der Waals surface area contributed by atoms with Gasteiger partial charge < -0.3 is 15.0 Å². The van der Waals surface area contributed by atoms with Gasteiger partial charge in [-0.25, -0.2) is 0 Å². The number of piperidine rings is 1. The van der Waals surface area contributed by atoms with Crippen LogP contribution in [-0.4, -0.2) is 49.6 Å². The van der Waals surface area contributed by atoms with Crippen molar-refractivity contribution in [3.8, 4) is 11.1 Å². The molecule has 3 aromatic rings. The largest absolute Gasteiger partial charge is 0.469 e. The quantitative estimate of drug-likeness (QED) is 0.264. The molecule has 0 aliphatic carbocycles. The molecule has 0 radical (unpaired) electrons. The lowest BCUT2D eigenvalue weighted by Crippen LogP contribution is -2.45. The van der Waals surface area contributed by atoms with Gasteiger partial charge in [-0.15, -0.1) is 0 Å². The molecule has 1 atom stereocenters. The molecule has 3 aromatic carbocycles. The lowest BCUT2D eigenvalue weighted by molar-refractivity contribution is -0.142. The van der Waals surface area contributed by atoms with E-state index in [2.05, 4.69) is 29.3 Å². The van der Waals surface area contributed by atoms with Crippen LogP contribution in [0.4, 0.5) is 0 Å². The highest BCUT2D eigenvalue weighted by molar-refractivity contribution is 6.31. The second-order valence-electron chi connectivity index (χ2n) is 10.6. The van der Waals surface area contributed by atoms with Crippen LogP contribution < -0.4 is 5.32 Å². The SMILES string of the molecule is COC(=O)CC(C)(CCCN1CCC(NC(=O)c2cc(Cl)ccc2-c2ccc(Cl)cc2)CC1)c1ccccc1. The summed E-state index contributed by atoms with van der Waals surface area (Å²) in [6, 6.07) is 23.2. The summed E-state index contributed by atoms with van der Waals surface area (Å²) in [7, 11) is 1.45. The fourth-order valence-electron chi connectivity index (χ4n) is 5.41. The van der Waals surface area contributed by atoms with Crippen molar-refractivity contribution in [2.75, 3.05) is 26.7 Å². The Hall–Kier alpha value is -2.86. The van der Waals surface area contributed by atoms with Crippen molar-refractivity contribution in [2.24, 2.45) is 0 Å². The number of ether oxygens (including phenoxy) is 1. The minimum Gasteiger partial charge on any atom is -0.469 e. The fraction of sp³-hybridized carbons (Fsp3) is 0.375. The van der Waals surface area contributed by atoms with E-state index in [0.29, 0.717) is 22.0 Å². The van der Waals surface area contributed by atoms with Gasteiger partial charge in [0.1, 0.15) is 0 Å². The molecule has 0 saturated carbocycles. The van der Waals surface area contributed by atoms with E-state index >= 15 is 0 Å². The Bertz CT molecular complexity index is 1260. The first kappa shape index (κ1) is 29.1. The summed E-state index contributed by atoms with van der Waals surface area (Å²) in [5, 5.41) is 4.41. The maximum absolute atomic E-state index is 13.3. The summed E-state index contributed by atoms with van der Waals surface area (Å²) in [6.07, 6.45) is 4.02. The van der Waals surface area contributed by atoms with Gasteiger partial charge in [-0.05, 0) is 73.2 Å². The number of benzene rings is 3. The number of nitrogens with one attached hydrogen (secondary N) is 1. The summed E-state index contributed by atoms with van der Waals surface area (Å²) in [6.45, 7) is 4.95. The van der Waals surface area contributed by atoms with Gasteiger partial charge in [-0.3, -0.25) is 9.59 Å². The summed E-state index contributed by atoms with van der Waals surface area (Å²) >= 11 is 12.3. The van der Waals surface area contributed by atoms with Crippen molar-refractivity contribution in [3.05, 3.63) is 94.0 Å². The lowest BCUT2D eigenvalue weighted by Gasteiger charge is -2.34. The molecule has 1 fully saturated rings. The number of amides is 1. The van der Waals surface area contributed by atoms with Crippen LogP contribution in [0.15, 0.2) is 72.8 Å². The van der Waals surface area contributed by atoms with E-state index in [1.54, 1.807) is 12.1 Å². The Labute approximate surface area is 241 Å². The molecule has 1 saturated heterocycles. The van der Waals surface area contributed by atoms with Gasteiger partial charge >= 0.3 is 5.97 Å². The number of rotatable bonds is 10. The van der Waals surface area contributed by atoms with Crippen molar-refractivity contribution >= 4 is 35.1 Å². The number of likely N-dealkylation sites (tertiary alicyclic amines) is 1. The lowest BCUT2D eigenvalue weighted by atomic mass is 9.76. The monoisotopic (exact) mass is 566 g/mol. The van der Waals surface area contributed by atoms with Crippen LogP contribution in [0, 0.1) is 0 Å². The molecule has 1 heterocycles. The molecule has 4 rings (SSSR count). The van der Waals surface area contributed by atoms with Gasteiger partial charge in [0.05, 0.1) is 13.5 Å². The maximum atomic E-state index is 13.3. The molecule has 5 nitrogen and oxygen atoms in total. The van der Waals surface area contributed by atoms with Gasteiger partial charge in [0, 0.05) is 40.2 Å². The number of hydrogen-bond acceptors (Lipinski definition) is 4. The number of methoxy groups -OCH3 is 1. The molecule has 0 bridgehead atoms. The van der Waals surface area contributed by atoms with Crippen LogP contribution in [0.5, 0.6) is 0 Å². The second-order valence-corrected chi connectivity index (χ2v) is 11.4. The molecular weight excluding hydrogens is 531 g/mol. The Morgan fingerprint density at radius 2 is 1.64 bits per heavy atom. The van der Waals surface area contributed by atoms with Crippen LogP contribution in [0.1, 0.15) is 54.9 Å². The van der Waals surface area contributed by atoms with Crippen LogP contribution in [0.3, 0.4) is 0 Å². The summed E-state index contributed by atoms with van der Waals surface area (Å²) in [4.78, 5) is 27.9. The van der Waals surface area contributed by atoms with E-state index in [9.17, 15) is 9.59 Å². The first-order valence-corrected chi connectivity index (χ1v) is 14.2. The highest BCUT2D eigenvalue weighted by Crippen LogP contribution is 2.33. The predicted molar refractivity (Wildman–Crippen MR) is 158 cm³/mol. The standard InChI is InChI=1S/C32H36Cl2N2O3/c1-32(22-30(37)39-2,24-7-4-3-5-8-24)17-6-18-36-19-15-27(16-20-36)35-31(38)29-21-26(34)13-14-28(29)23-9-11-25(33)12-10-23/h3-5,7-14,21,27H,6,15-20,22H2,1-2H3,(H,35,38). The number of hydrogen-bond donors (Lipinski definition) is 1. The summed E-state index contributed by atoms with van der Waals surface area (Å²) in [5.74, 6) is -0.292. The zero-order valence-corrected chi connectivity index (χ0v) is 24.1. The molecule has 1 N–H and O–H groups in total. The highest BCUT2D eigenvalue weighted by Gasteiger charge is 2.30. The minimum absolute atomic E-state index is 0.109. The van der Waals surface area contributed by atoms with Gasteiger partial charge in [-0.2, -0.15) is 0 Å². The molecule has 7 heteroatoms. The third-order valence-corrected chi connectivity index (χ3v) is 8.23. The van der Waals surface area contributed by atoms with Gasteiger partial charge in [0.15, 0.2) is 0 Å². The van der Waals surface area contributed by atoms with Crippen LogP contribution in [0.25, 0.3) is 11.1 Å². The zero-order chi connectivity index (χ0) is 27.8. The van der Waals surface area contributed by atoms with Gasteiger partial charge in [0.2, 0.25) is 0 Å². The third kappa shape index (κ3) is 7.84. The van der Waals surface area contributed by atoms with Crippen molar-refractivity contribution in [1.82, 2.24) is 10.2 Å². The Balaban J connectivity index is 1.31. The average Bonchev–Trinajstić information content (AvgIpc) is 2.95. The third-order valence-electron chi connectivity index (χ3n) is 7.74. The Morgan fingerprint density at radius 3 is 2.31 bits per heavy atom. The molecule has 1 aliphatic rings.